The number of rotatable bonds is 7. The summed E-state index contributed by atoms with van der Waals surface area (Å²) in [5, 5.41) is 4.75. The predicted octanol–water partition coefficient (Wildman–Crippen LogP) is 1.41. The number of sulfonamides is 1. The third-order valence-corrected chi connectivity index (χ3v) is 2.76. The molecule has 1 atom stereocenters. The highest BCUT2D eigenvalue weighted by Gasteiger charge is 2.36. The van der Waals surface area contributed by atoms with E-state index in [0.29, 0.717) is 19.3 Å². The molecule has 0 amide bonds. The summed E-state index contributed by atoms with van der Waals surface area (Å²) in [6.07, 6.45) is -4.94. The van der Waals surface area contributed by atoms with E-state index in [4.69, 9.17) is 5.14 Å². The topological polar surface area (TPSA) is 69.4 Å². The molecule has 0 saturated carbocycles. The maximum absolute atomic E-state index is 12.0. The van der Waals surface area contributed by atoms with Crippen molar-refractivity contribution in [3.8, 4) is 0 Å². The van der Waals surface area contributed by atoms with Gasteiger partial charge in [-0.05, 0) is 19.8 Å². The molecule has 1 unspecified atom stereocenters. The molecule has 0 spiro atoms. The van der Waals surface area contributed by atoms with E-state index in [2.05, 4.69) is 4.74 Å². The molecule has 0 aliphatic rings. The van der Waals surface area contributed by atoms with E-state index in [1.807, 2.05) is 0 Å². The molecular formula is C8H16F3NO3S. The zero-order valence-corrected chi connectivity index (χ0v) is 9.77. The second-order valence-corrected chi connectivity index (χ2v) is 5.22. The van der Waals surface area contributed by atoms with Gasteiger partial charge in [0.05, 0.1) is 5.75 Å². The smallest absolute Gasteiger partial charge is 0.369 e. The van der Waals surface area contributed by atoms with Gasteiger partial charge in [0.15, 0.2) is 6.10 Å². The van der Waals surface area contributed by atoms with E-state index in [1.54, 1.807) is 0 Å². The van der Waals surface area contributed by atoms with Crippen LogP contribution in [0.5, 0.6) is 0 Å². The van der Waals surface area contributed by atoms with Crippen molar-refractivity contribution in [2.24, 2.45) is 5.14 Å². The normalized spacial score (nSPS) is 15.1. The van der Waals surface area contributed by atoms with Gasteiger partial charge in [-0.1, -0.05) is 6.42 Å². The first-order chi connectivity index (χ1) is 7.13. The zero-order valence-electron chi connectivity index (χ0n) is 8.96. The van der Waals surface area contributed by atoms with Crippen LogP contribution in [0.1, 0.15) is 26.2 Å². The minimum atomic E-state index is -4.35. The number of alkyl halides is 3. The first-order valence-corrected chi connectivity index (χ1v) is 6.53. The molecule has 0 bridgehead atoms. The Hall–Kier alpha value is -0.340. The molecule has 0 aliphatic carbocycles. The minimum absolute atomic E-state index is 0.0364. The fourth-order valence-electron chi connectivity index (χ4n) is 0.937. The molecule has 0 fully saturated rings. The number of halogens is 3. The van der Waals surface area contributed by atoms with Gasteiger partial charge < -0.3 is 4.74 Å². The monoisotopic (exact) mass is 263 g/mol. The molecule has 0 rings (SSSR count). The number of unbranched alkanes of at least 4 members (excludes halogenated alkanes) is 2. The van der Waals surface area contributed by atoms with Crippen molar-refractivity contribution < 1.29 is 26.3 Å². The molecule has 0 aromatic heterocycles. The molecule has 2 N–H and O–H groups in total. The lowest BCUT2D eigenvalue weighted by atomic mass is 10.2. The third-order valence-electron chi connectivity index (χ3n) is 1.90. The van der Waals surface area contributed by atoms with E-state index >= 15 is 0 Å². The van der Waals surface area contributed by atoms with Crippen LogP contribution in [-0.4, -0.2) is 33.1 Å². The van der Waals surface area contributed by atoms with Gasteiger partial charge in [-0.15, -0.1) is 0 Å². The molecular weight excluding hydrogens is 247 g/mol. The molecule has 0 heterocycles. The van der Waals surface area contributed by atoms with Crippen molar-refractivity contribution in [1.29, 1.82) is 0 Å². The highest BCUT2D eigenvalue weighted by atomic mass is 32.2. The van der Waals surface area contributed by atoms with Gasteiger partial charge >= 0.3 is 6.18 Å². The molecule has 0 aromatic carbocycles. The Kier molecular flexibility index (Phi) is 6.27. The average Bonchev–Trinajstić information content (AvgIpc) is 2.07. The number of hydrogen-bond acceptors (Lipinski definition) is 3. The van der Waals surface area contributed by atoms with Crippen molar-refractivity contribution >= 4 is 10.0 Å². The van der Waals surface area contributed by atoms with E-state index in [-0.39, 0.29) is 12.4 Å². The fraction of sp³-hybridized carbons (Fsp3) is 1.00. The molecule has 0 radical (unpaired) electrons. The lowest BCUT2D eigenvalue weighted by Gasteiger charge is -2.15. The molecule has 98 valence electrons. The van der Waals surface area contributed by atoms with Crippen LogP contribution < -0.4 is 5.14 Å². The largest absolute Gasteiger partial charge is 0.414 e. The van der Waals surface area contributed by atoms with Crippen LogP contribution >= 0.6 is 0 Å². The SMILES string of the molecule is CC(OCCCCCS(N)(=O)=O)C(F)(F)F. The molecule has 16 heavy (non-hydrogen) atoms. The van der Waals surface area contributed by atoms with E-state index in [9.17, 15) is 21.6 Å². The molecule has 8 heteroatoms. The third kappa shape index (κ3) is 8.93. The summed E-state index contributed by atoms with van der Waals surface area (Å²) >= 11 is 0. The highest BCUT2D eigenvalue weighted by molar-refractivity contribution is 7.89. The summed E-state index contributed by atoms with van der Waals surface area (Å²) in [7, 11) is -3.47. The van der Waals surface area contributed by atoms with Gasteiger partial charge in [-0.3, -0.25) is 0 Å². The van der Waals surface area contributed by atoms with Crippen molar-refractivity contribution in [2.45, 2.75) is 38.5 Å². The fourth-order valence-corrected chi connectivity index (χ4v) is 1.54. The summed E-state index contributed by atoms with van der Waals surface area (Å²) in [4.78, 5) is 0. The van der Waals surface area contributed by atoms with Crippen LogP contribution in [0.25, 0.3) is 0 Å². The van der Waals surface area contributed by atoms with Crippen LogP contribution in [0.4, 0.5) is 13.2 Å². The van der Waals surface area contributed by atoms with Gasteiger partial charge in [0.2, 0.25) is 10.0 Å². The van der Waals surface area contributed by atoms with E-state index < -0.39 is 22.3 Å². The first kappa shape index (κ1) is 15.7. The Bertz CT molecular complexity index is 289. The Balaban J connectivity index is 3.48. The molecule has 0 aromatic rings. The van der Waals surface area contributed by atoms with Crippen molar-refractivity contribution in [2.75, 3.05) is 12.4 Å². The first-order valence-electron chi connectivity index (χ1n) is 4.82. The average molecular weight is 263 g/mol. The van der Waals surface area contributed by atoms with Crippen LogP contribution in [-0.2, 0) is 14.8 Å². The predicted molar refractivity (Wildman–Crippen MR) is 53.3 cm³/mol. The summed E-state index contributed by atoms with van der Waals surface area (Å²) in [6, 6.07) is 0. The van der Waals surface area contributed by atoms with Crippen LogP contribution in [0, 0.1) is 0 Å². The standard InChI is InChI=1S/C8H16F3NO3S/c1-7(8(9,10)11)15-5-3-2-4-6-16(12,13)14/h7H,2-6H2,1H3,(H2,12,13,14). The lowest BCUT2D eigenvalue weighted by Crippen LogP contribution is -2.28. The Labute approximate surface area is 93.0 Å². The van der Waals surface area contributed by atoms with Gasteiger partial charge in [0.25, 0.3) is 0 Å². The Morgan fingerprint density at radius 3 is 2.25 bits per heavy atom. The summed E-state index contributed by atoms with van der Waals surface area (Å²) < 4.78 is 61.4. The number of nitrogens with two attached hydrogens (primary N) is 1. The molecule has 0 aliphatic heterocycles. The Morgan fingerprint density at radius 1 is 1.25 bits per heavy atom. The van der Waals surface area contributed by atoms with Crippen LogP contribution in [0.3, 0.4) is 0 Å². The molecule has 4 nitrogen and oxygen atoms in total. The van der Waals surface area contributed by atoms with Crippen molar-refractivity contribution in [3.63, 3.8) is 0 Å². The summed E-state index contributed by atoms with van der Waals surface area (Å²) in [5.74, 6) is -0.151. The second-order valence-electron chi connectivity index (χ2n) is 3.48. The van der Waals surface area contributed by atoms with Crippen LogP contribution in [0.2, 0.25) is 0 Å². The number of primary sulfonamides is 1. The van der Waals surface area contributed by atoms with Crippen molar-refractivity contribution in [3.05, 3.63) is 0 Å². The summed E-state index contributed by atoms with van der Waals surface area (Å²) in [6.45, 7) is 0.898. The second kappa shape index (κ2) is 6.41. The highest BCUT2D eigenvalue weighted by Crippen LogP contribution is 2.22. The van der Waals surface area contributed by atoms with Gasteiger partial charge in [0, 0.05) is 6.61 Å². The molecule has 0 saturated heterocycles. The zero-order chi connectivity index (χ0) is 12.8. The van der Waals surface area contributed by atoms with Gasteiger partial charge in [0.1, 0.15) is 0 Å². The lowest BCUT2D eigenvalue weighted by molar-refractivity contribution is -0.214. The summed E-state index contributed by atoms with van der Waals surface area (Å²) in [5.41, 5.74) is 0. The van der Waals surface area contributed by atoms with Crippen LogP contribution in [0.15, 0.2) is 0 Å². The van der Waals surface area contributed by atoms with E-state index in [0.717, 1.165) is 6.92 Å². The maximum atomic E-state index is 12.0. The Morgan fingerprint density at radius 2 is 1.81 bits per heavy atom. The number of ether oxygens (including phenoxy) is 1. The van der Waals surface area contributed by atoms with Crippen molar-refractivity contribution in [1.82, 2.24) is 0 Å². The maximum Gasteiger partial charge on any atom is 0.414 e. The number of hydrogen-bond donors (Lipinski definition) is 1. The quantitative estimate of drug-likeness (QED) is 0.706. The van der Waals surface area contributed by atoms with E-state index in [1.165, 1.54) is 0 Å². The minimum Gasteiger partial charge on any atom is -0.369 e. The van der Waals surface area contributed by atoms with Gasteiger partial charge in [-0.25, -0.2) is 13.6 Å². The van der Waals surface area contributed by atoms with Gasteiger partial charge in [-0.2, -0.15) is 13.2 Å².